The summed E-state index contributed by atoms with van der Waals surface area (Å²) in [7, 11) is 1.59. The molecule has 2 N–H and O–H groups in total. The van der Waals surface area contributed by atoms with Crippen molar-refractivity contribution in [3.05, 3.63) is 58.6 Å². The molecule has 2 amide bonds. The molecule has 7 nitrogen and oxygen atoms in total. The molecule has 0 aromatic heterocycles. The molecule has 0 radical (unpaired) electrons. The maximum atomic E-state index is 12.7. The predicted octanol–water partition coefficient (Wildman–Crippen LogP) is 4.10. The Hall–Kier alpha value is -3.06. The molecule has 0 saturated heterocycles. The van der Waals surface area contributed by atoms with E-state index in [9.17, 15) is 9.59 Å². The second-order valence-electron chi connectivity index (χ2n) is 7.54. The second kappa shape index (κ2) is 12.1. The molecule has 8 heteroatoms. The summed E-state index contributed by atoms with van der Waals surface area (Å²) in [5.41, 5.74) is 4.68. The van der Waals surface area contributed by atoms with Gasteiger partial charge >= 0.3 is 0 Å². The number of methoxy groups -OCH3 is 1. The predicted molar refractivity (Wildman–Crippen MR) is 130 cm³/mol. The van der Waals surface area contributed by atoms with Crippen LogP contribution in [0.1, 0.15) is 43.6 Å². The van der Waals surface area contributed by atoms with Crippen LogP contribution in [0.15, 0.2) is 47.6 Å². The van der Waals surface area contributed by atoms with Crippen LogP contribution < -0.4 is 20.4 Å². The van der Waals surface area contributed by atoms with E-state index < -0.39 is 11.9 Å². The average molecular weight is 459 g/mol. The highest BCUT2D eigenvalue weighted by Gasteiger charge is 2.24. The molecular weight excluding hydrogens is 428 g/mol. The Morgan fingerprint density at radius 1 is 1.16 bits per heavy atom. The van der Waals surface area contributed by atoms with Crippen LogP contribution in [-0.2, 0) is 4.79 Å². The lowest BCUT2D eigenvalue weighted by Crippen LogP contribution is -2.48. The monoisotopic (exact) mass is 458 g/mol. The van der Waals surface area contributed by atoms with Crippen LogP contribution in [0.2, 0.25) is 5.02 Å². The highest BCUT2D eigenvalue weighted by Crippen LogP contribution is 2.24. The Morgan fingerprint density at radius 2 is 1.88 bits per heavy atom. The van der Waals surface area contributed by atoms with Crippen molar-refractivity contribution in [2.24, 2.45) is 11.0 Å². The topological polar surface area (TPSA) is 83.0 Å². The van der Waals surface area contributed by atoms with E-state index in [0.29, 0.717) is 16.3 Å². The summed E-state index contributed by atoms with van der Waals surface area (Å²) in [6.45, 7) is 9.66. The van der Waals surface area contributed by atoms with Gasteiger partial charge in [0.05, 0.1) is 13.3 Å². The first-order chi connectivity index (χ1) is 15.3. The summed E-state index contributed by atoms with van der Waals surface area (Å²) >= 11 is 5.95. The van der Waals surface area contributed by atoms with E-state index in [1.54, 1.807) is 31.4 Å². The number of nitrogens with zero attached hydrogens (tertiary/aromatic N) is 2. The van der Waals surface area contributed by atoms with Crippen LogP contribution in [0.4, 0.5) is 5.69 Å². The van der Waals surface area contributed by atoms with Crippen molar-refractivity contribution >= 4 is 35.3 Å². The largest absolute Gasteiger partial charge is 0.496 e. The van der Waals surface area contributed by atoms with E-state index in [-0.39, 0.29) is 11.8 Å². The van der Waals surface area contributed by atoms with Gasteiger partial charge in [0.2, 0.25) is 0 Å². The average Bonchev–Trinajstić information content (AvgIpc) is 2.78. The normalized spacial score (nSPS) is 12.0. The number of amides is 2. The van der Waals surface area contributed by atoms with Crippen molar-refractivity contribution in [1.29, 1.82) is 0 Å². The Morgan fingerprint density at radius 3 is 2.47 bits per heavy atom. The van der Waals surface area contributed by atoms with Crippen molar-refractivity contribution in [3.63, 3.8) is 0 Å². The summed E-state index contributed by atoms with van der Waals surface area (Å²) in [6, 6.07) is 11.6. The molecular formula is C24H31ClN4O3. The third kappa shape index (κ3) is 6.72. The Bertz CT molecular complexity index is 958. The van der Waals surface area contributed by atoms with Gasteiger partial charge in [0, 0.05) is 41.0 Å². The van der Waals surface area contributed by atoms with Crippen molar-refractivity contribution in [3.8, 4) is 5.75 Å². The smallest absolute Gasteiger partial charge is 0.262 e. The molecule has 2 rings (SSSR count). The van der Waals surface area contributed by atoms with Gasteiger partial charge in [-0.3, -0.25) is 9.59 Å². The van der Waals surface area contributed by atoms with Crippen LogP contribution in [0.25, 0.3) is 0 Å². The Kier molecular flexibility index (Phi) is 9.53. The highest BCUT2D eigenvalue weighted by atomic mass is 35.5. The number of hydrazone groups is 1. The molecule has 2 aromatic carbocycles. The molecule has 0 heterocycles. The molecule has 0 spiro atoms. The van der Waals surface area contributed by atoms with Gasteiger partial charge in [-0.25, -0.2) is 5.43 Å². The highest BCUT2D eigenvalue weighted by molar-refractivity contribution is 6.31. The van der Waals surface area contributed by atoms with Crippen molar-refractivity contribution in [2.75, 3.05) is 25.1 Å². The van der Waals surface area contributed by atoms with E-state index in [1.807, 2.05) is 32.0 Å². The zero-order chi connectivity index (χ0) is 23.7. The van der Waals surface area contributed by atoms with Crippen LogP contribution in [0, 0.1) is 5.92 Å². The summed E-state index contributed by atoms with van der Waals surface area (Å²) in [6.07, 6.45) is 1.53. The van der Waals surface area contributed by atoms with E-state index in [4.69, 9.17) is 16.3 Å². The molecule has 0 saturated carbocycles. The molecule has 2 aromatic rings. The zero-order valence-corrected chi connectivity index (χ0v) is 19.9. The third-order valence-electron chi connectivity index (χ3n) is 5.05. The van der Waals surface area contributed by atoms with Gasteiger partial charge < -0.3 is 15.0 Å². The van der Waals surface area contributed by atoms with Gasteiger partial charge in [-0.2, -0.15) is 5.10 Å². The number of carbonyl (C=O) groups excluding carboxylic acids is 2. The number of nitrogens with one attached hydrogen (secondary N) is 2. The maximum Gasteiger partial charge on any atom is 0.262 e. The SMILES string of the molecule is CCN(CC)c1ccc(/C=N\NC(=O)C(NC(=O)c2cccc(Cl)c2)C(C)C)c(OC)c1. The number of rotatable bonds is 10. The van der Waals surface area contributed by atoms with Crippen molar-refractivity contribution < 1.29 is 14.3 Å². The summed E-state index contributed by atoms with van der Waals surface area (Å²) < 4.78 is 5.48. The quantitative estimate of drug-likeness (QED) is 0.414. The fourth-order valence-corrected chi connectivity index (χ4v) is 3.41. The minimum atomic E-state index is -0.759. The number of hydrogen-bond acceptors (Lipinski definition) is 5. The van der Waals surface area contributed by atoms with Gasteiger partial charge in [0.25, 0.3) is 11.8 Å². The lowest BCUT2D eigenvalue weighted by atomic mass is 10.0. The van der Waals surface area contributed by atoms with Gasteiger partial charge in [-0.1, -0.05) is 31.5 Å². The van der Waals surface area contributed by atoms with Crippen molar-refractivity contribution in [1.82, 2.24) is 10.7 Å². The van der Waals surface area contributed by atoms with Crippen LogP contribution in [0.3, 0.4) is 0 Å². The maximum absolute atomic E-state index is 12.7. The summed E-state index contributed by atoms with van der Waals surface area (Å²) in [4.78, 5) is 27.4. The molecule has 1 atom stereocenters. The number of benzene rings is 2. The minimum absolute atomic E-state index is 0.142. The van der Waals surface area contributed by atoms with Crippen LogP contribution in [-0.4, -0.2) is 44.3 Å². The number of anilines is 1. The fourth-order valence-electron chi connectivity index (χ4n) is 3.22. The van der Waals surface area contributed by atoms with Gasteiger partial charge in [-0.05, 0) is 50.1 Å². The fraction of sp³-hybridized carbons (Fsp3) is 0.375. The molecule has 0 fully saturated rings. The first-order valence-corrected chi connectivity index (χ1v) is 11.0. The molecule has 0 aliphatic heterocycles. The number of hydrogen-bond donors (Lipinski definition) is 2. The number of halogens is 1. The molecule has 0 bridgehead atoms. The standard InChI is InChI=1S/C24H31ClN4O3/c1-6-29(7-2)20-12-11-18(21(14-20)32-5)15-26-28-24(31)22(16(3)4)27-23(30)17-9-8-10-19(25)13-17/h8-16,22H,6-7H2,1-5H3,(H,27,30)(H,28,31)/b26-15-. The third-order valence-corrected chi connectivity index (χ3v) is 5.28. The summed E-state index contributed by atoms with van der Waals surface area (Å²) in [5, 5.41) is 7.27. The number of carbonyl (C=O) groups is 2. The first-order valence-electron chi connectivity index (χ1n) is 10.6. The van der Waals surface area contributed by atoms with E-state index in [2.05, 4.69) is 34.6 Å². The summed E-state index contributed by atoms with van der Waals surface area (Å²) in [5.74, 6) is -0.275. The van der Waals surface area contributed by atoms with Crippen LogP contribution in [0.5, 0.6) is 5.75 Å². The second-order valence-corrected chi connectivity index (χ2v) is 7.97. The lowest BCUT2D eigenvalue weighted by Gasteiger charge is -2.22. The molecule has 172 valence electrons. The van der Waals surface area contributed by atoms with Gasteiger partial charge in [-0.15, -0.1) is 0 Å². The molecule has 32 heavy (non-hydrogen) atoms. The first kappa shape index (κ1) is 25.2. The van der Waals surface area contributed by atoms with E-state index in [0.717, 1.165) is 24.3 Å². The zero-order valence-electron chi connectivity index (χ0n) is 19.2. The molecule has 1 unspecified atom stereocenters. The lowest BCUT2D eigenvalue weighted by molar-refractivity contribution is -0.123. The molecule has 0 aliphatic carbocycles. The van der Waals surface area contributed by atoms with E-state index >= 15 is 0 Å². The Balaban J connectivity index is 2.09. The number of ether oxygens (including phenoxy) is 1. The van der Waals surface area contributed by atoms with Gasteiger partial charge in [0.1, 0.15) is 11.8 Å². The van der Waals surface area contributed by atoms with E-state index in [1.165, 1.54) is 6.21 Å². The molecule has 0 aliphatic rings. The van der Waals surface area contributed by atoms with Gasteiger partial charge in [0.15, 0.2) is 0 Å². The van der Waals surface area contributed by atoms with Crippen LogP contribution >= 0.6 is 11.6 Å². The Labute approximate surface area is 194 Å². The van der Waals surface area contributed by atoms with Crippen molar-refractivity contribution in [2.45, 2.75) is 33.7 Å². The minimum Gasteiger partial charge on any atom is -0.496 e.